The second-order valence-corrected chi connectivity index (χ2v) is 7.48. The van der Waals surface area contributed by atoms with Crippen molar-refractivity contribution in [3.63, 3.8) is 0 Å². The van der Waals surface area contributed by atoms with E-state index in [0.29, 0.717) is 11.7 Å². The van der Waals surface area contributed by atoms with Crippen LogP contribution in [-0.2, 0) is 11.3 Å². The van der Waals surface area contributed by atoms with Gasteiger partial charge in [-0.1, -0.05) is 59.8 Å². The van der Waals surface area contributed by atoms with Crippen molar-refractivity contribution in [2.24, 2.45) is 0 Å². The quantitative estimate of drug-likeness (QED) is 0.499. The highest BCUT2D eigenvalue weighted by Crippen LogP contribution is 2.16. The van der Waals surface area contributed by atoms with E-state index in [-0.39, 0.29) is 22.9 Å². The standard InChI is InChI=1S/C21H19N5O2S/c1-15-7-9-16(10-8-15)13-22-18(27)14-29-21-24-23-19-20(28)25(11-12-26(19)21)17-5-3-2-4-6-17/h2-12H,13-14H2,1H3,(H,22,27). The van der Waals surface area contributed by atoms with Crippen molar-refractivity contribution >= 4 is 23.3 Å². The Balaban J connectivity index is 1.43. The van der Waals surface area contributed by atoms with E-state index >= 15 is 0 Å². The van der Waals surface area contributed by atoms with Crippen LogP contribution in [-0.4, -0.2) is 30.8 Å². The number of rotatable bonds is 6. The molecule has 0 radical (unpaired) electrons. The van der Waals surface area contributed by atoms with Crippen molar-refractivity contribution in [2.75, 3.05) is 5.75 Å². The van der Waals surface area contributed by atoms with Crippen LogP contribution >= 0.6 is 11.8 Å². The molecule has 1 N–H and O–H groups in total. The first-order valence-electron chi connectivity index (χ1n) is 9.09. The molecule has 7 nitrogen and oxygen atoms in total. The molecule has 1 amide bonds. The molecule has 0 aliphatic heterocycles. The van der Waals surface area contributed by atoms with Gasteiger partial charge in [0.2, 0.25) is 11.6 Å². The van der Waals surface area contributed by atoms with Crippen LogP contribution in [0.4, 0.5) is 0 Å². The lowest BCUT2D eigenvalue weighted by Gasteiger charge is -2.06. The highest BCUT2D eigenvalue weighted by Gasteiger charge is 2.13. The number of nitrogens with zero attached hydrogens (tertiary/aromatic N) is 4. The number of aromatic nitrogens is 4. The molecule has 0 saturated carbocycles. The number of carbonyl (C=O) groups excluding carboxylic acids is 1. The topological polar surface area (TPSA) is 81.3 Å². The Hall–Kier alpha value is -3.39. The molecule has 0 aliphatic rings. The highest BCUT2D eigenvalue weighted by atomic mass is 32.2. The summed E-state index contributed by atoms with van der Waals surface area (Å²) >= 11 is 1.24. The molecule has 0 aliphatic carbocycles. The monoisotopic (exact) mass is 405 g/mol. The highest BCUT2D eigenvalue weighted by molar-refractivity contribution is 7.99. The van der Waals surface area contributed by atoms with Crippen LogP contribution in [0.3, 0.4) is 0 Å². The van der Waals surface area contributed by atoms with Gasteiger partial charge in [-0.05, 0) is 24.6 Å². The van der Waals surface area contributed by atoms with E-state index in [1.54, 1.807) is 16.8 Å². The summed E-state index contributed by atoms with van der Waals surface area (Å²) in [5.74, 6) is 0.0824. The maximum absolute atomic E-state index is 12.7. The first-order chi connectivity index (χ1) is 14.1. The fraction of sp³-hybridized carbons (Fsp3) is 0.143. The van der Waals surface area contributed by atoms with Gasteiger partial charge >= 0.3 is 5.56 Å². The van der Waals surface area contributed by atoms with Crippen molar-refractivity contribution < 1.29 is 4.79 Å². The van der Waals surface area contributed by atoms with Crippen LogP contribution in [0, 0.1) is 6.92 Å². The Morgan fingerprint density at radius 3 is 2.55 bits per heavy atom. The molecule has 0 unspecified atom stereocenters. The lowest BCUT2D eigenvalue weighted by Crippen LogP contribution is -2.24. The molecule has 0 saturated heterocycles. The summed E-state index contributed by atoms with van der Waals surface area (Å²) in [5, 5.41) is 11.5. The van der Waals surface area contributed by atoms with Crippen LogP contribution in [0.5, 0.6) is 0 Å². The Labute approximate surface area is 171 Å². The van der Waals surface area contributed by atoms with E-state index in [2.05, 4.69) is 15.5 Å². The Morgan fingerprint density at radius 2 is 1.79 bits per heavy atom. The minimum atomic E-state index is -0.262. The molecular weight excluding hydrogens is 386 g/mol. The summed E-state index contributed by atoms with van der Waals surface area (Å²) in [5.41, 5.74) is 2.94. The number of nitrogens with one attached hydrogen (secondary N) is 1. The first kappa shape index (κ1) is 18.9. The molecule has 8 heteroatoms. The number of aryl methyl sites for hydroxylation is 1. The van der Waals surface area contributed by atoms with E-state index in [9.17, 15) is 9.59 Å². The number of thioether (sulfide) groups is 1. The smallest absolute Gasteiger partial charge is 0.300 e. The van der Waals surface area contributed by atoms with E-state index in [0.717, 1.165) is 11.3 Å². The maximum Gasteiger partial charge on any atom is 0.300 e. The number of carbonyl (C=O) groups is 1. The van der Waals surface area contributed by atoms with E-state index in [1.807, 2.05) is 61.5 Å². The summed E-state index contributed by atoms with van der Waals surface area (Å²) in [7, 11) is 0. The van der Waals surface area contributed by atoms with Crippen LogP contribution in [0.1, 0.15) is 11.1 Å². The average Bonchev–Trinajstić information content (AvgIpc) is 3.17. The Kier molecular flexibility index (Phi) is 5.44. The number of hydrogen-bond donors (Lipinski definition) is 1. The maximum atomic E-state index is 12.7. The van der Waals surface area contributed by atoms with Crippen LogP contribution < -0.4 is 10.9 Å². The minimum Gasteiger partial charge on any atom is -0.351 e. The fourth-order valence-corrected chi connectivity index (χ4v) is 3.59. The van der Waals surface area contributed by atoms with E-state index < -0.39 is 0 Å². The summed E-state index contributed by atoms with van der Waals surface area (Å²) in [6.45, 7) is 2.50. The molecule has 29 heavy (non-hydrogen) atoms. The summed E-state index contributed by atoms with van der Waals surface area (Å²) in [4.78, 5) is 24.9. The second-order valence-electron chi connectivity index (χ2n) is 6.54. The molecule has 146 valence electrons. The van der Waals surface area contributed by atoms with Crippen LogP contribution in [0.25, 0.3) is 11.3 Å². The zero-order valence-corrected chi connectivity index (χ0v) is 16.6. The minimum absolute atomic E-state index is 0.107. The second kappa shape index (κ2) is 8.32. The van der Waals surface area contributed by atoms with Crippen LogP contribution in [0.15, 0.2) is 76.9 Å². The summed E-state index contributed by atoms with van der Waals surface area (Å²) < 4.78 is 3.13. The Morgan fingerprint density at radius 1 is 1.03 bits per heavy atom. The zero-order chi connectivity index (χ0) is 20.2. The number of para-hydroxylation sites is 1. The van der Waals surface area contributed by atoms with E-state index in [1.165, 1.54) is 21.9 Å². The Bertz CT molecular complexity index is 1200. The van der Waals surface area contributed by atoms with Crippen molar-refractivity contribution in [1.29, 1.82) is 0 Å². The third-order valence-corrected chi connectivity index (χ3v) is 5.36. The predicted molar refractivity (Wildman–Crippen MR) is 112 cm³/mol. The molecule has 2 aromatic carbocycles. The van der Waals surface area contributed by atoms with Gasteiger partial charge in [0.25, 0.3) is 0 Å². The molecule has 0 bridgehead atoms. The van der Waals surface area contributed by atoms with E-state index in [4.69, 9.17) is 0 Å². The third kappa shape index (κ3) is 4.22. The number of amides is 1. The molecule has 0 fully saturated rings. The first-order valence-corrected chi connectivity index (χ1v) is 10.1. The zero-order valence-electron chi connectivity index (χ0n) is 15.8. The molecule has 4 aromatic rings. The van der Waals surface area contributed by atoms with Gasteiger partial charge in [0.15, 0.2) is 5.16 Å². The summed E-state index contributed by atoms with van der Waals surface area (Å²) in [6.07, 6.45) is 3.41. The van der Waals surface area contributed by atoms with Crippen molar-refractivity contribution in [3.05, 3.63) is 88.5 Å². The lowest BCUT2D eigenvalue weighted by molar-refractivity contribution is -0.118. The van der Waals surface area contributed by atoms with Crippen molar-refractivity contribution in [3.8, 4) is 5.69 Å². The third-order valence-electron chi connectivity index (χ3n) is 4.42. The molecule has 2 aromatic heterocycles. The molecule has 0 spiro atoms. The van der Waals surface area contributed by atoms with Gasteiger partial charge in [-0.2, -0.15) is 0 Å². The van der Waals surface area contributed by atoms with Gasteiger partial charge < -0.3 is 5.32 Å². The lowest BCUT2D eigenvalue weighted by atomic mass is 10.1. The normalized spacial score (nSPS) is 10.9. The SMILES string of the molecule is Cc1ccc(CNC(=O)CSc2nnc3c(=O)n(-c4ccccc4)ccn23)cc1. The number of fused-ring (bicyclic) bond motifs is 1. The molecule has 2 heterocycles. The average molecular weight is 405 g/mol. The van der Waals surface area contributed by atoms with Gasteiger partial charge in [0.1, 0.15) is 0 Å². The van der Waals surface area contributed by atoms with Gasteiger partial charge in [0, 0.05) is 24.6 Å². The number of hydrogen-bond acceptors (Lipinski definition) is 5. The fourth-order valence-electron chi connectivity index (χ4n) is 2.84. The van der Waals surface area contributed by atoms with Gasteiger partial charge in [-0.15, -0.1) is 10.2 Å². The van der Waals surface area contributed by atoms with Gasteiger partial charge in [0.05, 0.1) is 5.75 Å². The summed E-state index contributed by atoms with van der Waals surface area (Å²) in [6, 6.07) is 17.3. The van der Waals surface area contributed by atoms with Crippen molar-refractivity contribution in [2.45, 2.75) is 18.6 Å². The van der Waals surface area contributed by atoms with Crippen LogP contribution in [0.2, 0.25) is 0 Å². The predicted octanol–water partition coefficient (Wildman–Crippen LogP) is 2.60. The number of benzene rings is 2. The molecule has 4 rings (SSSR count). The largest absolute Gasteiger partial charge is 0.351 e. The molecular formula is C21H19N5O2S. The van der Waals surface area contributed by atoms with Crippen molar-refractivity contribution in [1.82, 2.24) is 24.5 Å². The van der Waals surface area contributed by atoms with Gasteiger partial charge in [-0.3, -0.25) is 18.6 Å². The molecule has 0 atom stereocenters. The van der Waals surface area contributed by atoms with Gasteiger partial charge in [-0.25, -0.2) is 0 Å².